The van der Waals surface area contributed by atoms with Gasteiger partial charge in [0.1, 0.15) is 12.4 Å². The number of fused-ring (bicyclic) bond motifs is 3. The minimum absolute atomic E-state index is 0.0215. The van der Waals surface area contributed by atoms with Crippen LogP contribution in [0.4, 0.5) is 5.69 Å². The fourth-order valence-electron chi connectivity index (χ4n) is 4.58. The number of hydrogen-bond acceptors (Lipinski definition) is 4. The molecule has 2 aromatic carbocycles. The fourth-order valence-corrected chi connectivity index (χ4v) is 4.58. The van der Waals surface area contributed by atoms with Crippen LogP contribution in [0.25, 0.3) is 0 Å². The van der Waals surface area contributed by atoms with E-state index in [1.807, 2.05) is 30.3 Å². The molecule has 5 nitrogen and oxygen atoms in total. The summed E-state index contributed by atoms with van der Waals surface area (Å²) in [7, 11) is 0. The quantitative estimate of drug-likeness (QED) is 0.765. The Bertz CT molecular complexity index is 841. The number of piperazine rings is 1. The molecule has 30 heavy (non-hydrogen) atoms. The summed E-state index contributed by atoms with van der Waals surface area (Å²) in [6.45, 7) is 8.56. The normalized spacial score (nSPS) is 22.0. The fraction of sp³-hybridized carbons (Fsp3) is 0.480. The maximum Gasteiger partial charge on any atom is 0.225 e. The molecule has 3 atom stereocenters. The Morgan fingerprint density at radius 3 is 2.70 bits per heavy atom. The molecule has 1 N–H and O–H groups in total. The van der Waals surface area contributed by atoms with Crippen molar-refractivity contribution in [2.75, 3.05) is 37.7 Å². The van der Waals surface area contributed by atoms with Crippen LogP contribution in [0.1, 0.15) is 25.8 Å². The number of para-hydroxylation sites is 2. The Labute approximate surface area is 180 Å². The third kappa shape index (κ3) is 4.62. The molecule has 0 spiro atoms. The number of benzene rings is 2. The molecule has 1 fully saturated rings. The summed E-state index contributed by atoms with van der Waals surface area (Å²) in [5, 5.41) is 3.23. The van der Waals surface area contributed by atoms with Gasteiger partial charge in [-0.2, -0.15) is 0 Å². The van der Waals surface area contributed by atoms with E-state index in [2.05, 4.69) is 53.2 Å². The maximum absolute atomic E-state index is 13.2. The molecule has 2 aliphatic rings. The van der Waals surface area contributed by atoms with Gasteiger partial charge in [-0.05, 0) is 43.5 Å². The van der Waals surface area contributed by atoms with Gasteiger partial charge in [0.25, 0.3) is 0 Å². The summed E-state index contributed by atoms with van der Waals surface area (Å²) in [5.74, 6) is 1.08. The number of anilines is 1. The number of carbonyl (C=O) groups excluding carboxylic acids is 1. The van der Waals surface area contributed by atoms with Gasteiger partial charge in [0.15, 0.2) is 0 Å². The first kappa shape index (κ1) is 20.7. The van der Waals surface area contributed by atoms with E-state index < -0.39 is 0 Å². The molecule has 2 heterocycles. The van der Waals surface area contributed by atoms with E-state index in [9.17, 15) is 4.79 Å². The first-order chi connectivity index (χ1) is 14.7. The highest BCUT2D eigenvalue weighted by Crippen LogP contribution is 2.36. The second-order valence-corrected chi connectivity index (χ2v) is 8.48. The van der Waals surface area contributed by atoms with Crippen LogP contribution in [-0.2, 0) is 11.2 Å². The van der Waals surface area contributed by atoms with E-state index in [0.29, 0.717) is 6.61 Å². The lowest BCUT2D eigenvalue weighted by molar-refractivity contribution is -0.126. The van der Waals surface area contributed by atoms with Gasteiger partial charge in [-0.3, -0.25) is 9.69 Å². The van der Waals surface area contributed by atoms with Crippen molar-refractivity contribution in [2.24, 2.45) is 5.92 Å². The van der Waals surface area contributed by atoms with Crippen molar-refractivity contribution < 1.29 is 9.53 Å². The average Bonchev–Trinajstić information content (AvgIpc) is 2.79. The molecule has 2 aliphatic heterocycles. The first-order valence-electron chi connectivity index (χ1n) is 11.2. The van der Waals surface area contributed by atoms with Crippen LogP contribution in [0.15, 0.2) is 54.6 Å². The van der Waals surface area contributed by atoms with Gasteiger partial charge in [0.2, 0.25) is 5.91 Å². The molecular weight excluding hydrogens is 374 g/mol. The summed E-state index contributed by atoms with van der Waals surface area (Å²) in [6, 6.07) is 19.0. The highest BCUT2D eigenvalue weighted by Gasteiger charge is 2.41. The van der Waals surface area contributed by atoms with Crippen LogP contribution in [0.2, 0.25) is 0 Å². The zero-order valence-corrected chi connectivity index (χ0v) is 18.1. The van der Waals surface area contributed by atoms with Crippen molar-refractivity contribution >= 4 is 11.6 Å². The molecule has 160 valence electrons. The van der Waals surface area contributed by atoms with Crippen molar-refractivity contribution in [3.8, 4) is 5.75 Å². The van der Waals surface area contributed by atoms with E-state index >= 15 is 0 Å². The molecule has 4 rings (SSSR count). The molecule has 0 aromatic heterocycles. The molecule has 0 saturated carbocycles. The third-order valence-corrected chi connectivity index (χ3v) is 6.47. The highest BCUT2D eigenvalue weighted by molar-refractivity contribution is 5.82. The van der Waals surface area contributed by atoms with E-state index in [4.69, 9.17) is 4.74 Å². The van der Waals surface area contributed by atoms with Crippen molar-refractivity contribution in [2.45, 2.75) is 38.8 Å². The lowest BCUT2D eigenvalue weighted by atomic mass is 9.83. The van der Waals surface area contributed by atoms with Gasteiger partial charge in [0, 0.05) is 37.9 Å². The number of carbonyl (C=O) groups is 1. The maximum atomic E-state index is 13.2. The molecule has 0 radical (unpaired) electrons. The Morgan fingerprint density at radius 2 is 1.90 bits per heavy atom. The van der Waals surface area contributed by atoms with Gasteiger partial charge in [-0.15, -0.1) is 0 Å². The van der Waals surface area contributed by atoms with Crippen LogP contribution in [0.3, 0.4) is 0 Å². The third-order valence-electron chi connectivity index (χ3n) is 6.47. The topological polar surface area (TPSA) is 44.8 Å². The zero-order valence-electron chi connectivity index (χ0n) is 18.1. The van der Waals surface area contributed by atoms with Gasteiger partial charge in [0.05, 0.1) is 12.0 Å². The number of nitrogens with zero attached hydrogens (tertiary/aromatic N) is 2. The van der Waals surface area contributed by atoms with Crippen molar-refractivity contribution in [3.05, 3.63) is 60.2 Å². The molecule has 3 unspecified atom stereocenters. The van der Waals surface area contributed by atoms with Crippen LogP contribution < -0.4 is 15.0 Å². The van der Waals surface area contributed by atoms with Gasteiger partial charge >= 0.3 is 0 Å². The summed E-state index contributed by atoms with van der Waals surface area (Å²) < 4.78 is 5.91. The molecule has 1 amide bonds. The van der Waals surface area contributed by atoms with Crippen LogP contribution in [0.5, 0.6) is 5.75 Å². The Morgan fingerprint density at radius 1 is 1.13 bits per heavy atom. The second-order valence-electron chi connectivity index (χ2n) is 8.48. The highest BCUT2D eigenvalue weighted by atomic mass is 16.5. The standard InChI is InChI=1S/C25H33N3O2/c1-3-19(2)26-25(29)22-17-20-9-7-8-12-23(20)28-14-13-27(18-24(22)28)15-16-30-21-10-5-4-6-11-21/h4-12,19,22,24H,3,13-18H2,1-2H3,(H,26,29). The largest absolute Gasteiger partial charge is 0.492 e. The first-order valence-corrected chi connectivity index (χ1v) is 11.2. The van der Waals surface area contributed by atoms with Crippen molar-refractivity contribution in [1.29, 1.82) is 0 Å². The number of ether oxygens (including phenoxy) is 1. The molecule has 0 bridgehead atoms. The number of amides is 1. The molecule has 1 saturated heterocycles. The van der Waals surface area contributed by atoms with E-state index in [1.165, 1.54) is 11.3 Å². The predicted octanol–water partition coefficient (Wildman–Crippen LogP) is 3.34. The van der Waals surface area contributed by atoms with Crippen molar-refractivity contribution in [1.82, 2.24) is 10.2 Å². The summed E-state index contributed by atoms with van der Waals surface area (Å²) in [6.07, 6.45) is 1.76. The smallest absolute Gasteiger partial charge is 0.225 e. The van der Waals surface area contributed by atoms with Crippen LogP contribution in [0, 0.1) is 5.92 Å². The second kappa shape index (κ2) is 9.52. The van der Waals surface area contributed by atoms with Gasteiger partial charge in [-0.25, -0.2) is 0 Å². The van der Waals surface area contributed by atoms with Gasteiger partial charge < -0.3 is 15.0 Å². The number of rotatable bonds is 7. The lowest BCUT2D eigenvalue weighted by Gasteiger charge is -2.49. The summed E-state index contributed by atoms with van der Waals surface area (Å²) in [5.41, 5.74) is 2.59. The number of nitrogens with one attached hydrogen (secondary N) is 1. The van der Waals surface area contributed by atoms with E-state index in [0.717, 1.165) is 44.8 Å². The Kier molecular flexibility index (Phi) is 6.58. The summed E-state index contributed by atoms with van der Waals surface area (Å²) in [4.78, 5) is 18.1. The zero-order chi connectivity index (χ0) is 20.9. The number of hydrogen-bond donors (Lipinski definition) is 1. The van der Waals surface area contributed by atoms with Crippen LogP contribution >= 0.6 is 0 Å². The minimum atomic E-state index is -0.0215. The SMILES string of the molecule is CCC(C)NC(=O)C1Cc2ccccc2N2CCN(CCOc3ccccc3)CC12. The Balaban J connectivity index is 1.45. The van der Waals surface area contributed by atoms with Gasteiger partial charge in [-0.1, -0.05) is 43.3 Å². The molecule has 2 aromatic rings. The molecule has 5 heteroatoms. The van der Waals surface area contributed by atoms with E-state index in [1.54, 1.807) is 0 Å². The monoisotopic (exact) mass is 407 g/mol. The molecule has 0 aliphatic carbocycles. The van der Waals surface area contributed by atoms with E-state index in [-0.39, 0.29) is 23.9 Å². The minimum Gasteiger partial charge on any atom is -0.492 e. The predicted molar refractivity (Wildman–Crippen MR) is 121 cm³/mol. The Hall–Kier alpha value is -2.53. The van der Waals surface area contributed by atoms with Crippen LogP contribution in [-0.4, -0.2) is 55.7 Å². The average molecular weight is 408 g/mol. The van der Waals surface area contributed by atoms with Crippen molar-refractivity contribution in [3.63, 3.8) is 0 Å². The lowest BCUT2D eigenvalue weighted by Crippen LogP contribution is -2.61. The molecular formula is C25H33N3O2. The summed E-state index contributed by atoms with van der Waals surface area (Å²) >= 11 is 0.